The highest BCUT2D eigenvalue weighted by Gasteiger charge is 2.16. The fourth-order valence-electron chi connectivity index (χ4n) is 3.48. The lowest BCUT2D eigenvalue weighted by Gasteiger charge is -2.26. The number of methoxy groups -OCH3 is 1. The minimum absolute atomic E-state index is 0.191. The lowest BCUT2D eigenvalue weighted by atomic mass is 10.1. The summed E-state index contributed by atoms with van der Waals surface area (Å²) in [5.74, 6) is -0.191. The third kappa shape index (κ3) is 6.26. The summed E-state index contributed by atoms with van der Waals surface area (Å²) in [6.07, 6.45) is 2.29. The van der Waals surface area contributed by atoms with Crippen molar-refractivity contribution in [1.29, 1.82) is 0 Å². The fraction of sp³-hybridized carbons (Fsp3) is 0.333. The second kappa shape index (κ2) is 10.9. The van der Waals surface area contributed by atoms with Gasteiger partial charge in [0, 0.05) is 50.8 Å². The van der Waals surface area contributed by atoms with Gasteiger partial charge in [-0.25, -0.2) is 4.39 Å². The smallest absolute Gasteiger partial charge is 0.128 e. The average molecular weight is 397 g/mol. The van der Waals surface area contributed by atoms with Crippen molar-refractivity contribution < 1.29 is 14.2 Å². The van der Waals surface area contributed by atoms with E-state index in [0.29, 0.717) is 31.8 Å². The van der Waals surface area contributed by atoms with E-state index < -0.39 is 6.10 Å². The second-order valence-corrected chi connectivity index (χ2v) is 7.23. The normalized spacial score (nSPS) is 12.4. The molecule has 4 nitrogen and oxygen atoms in total. The van der Waals surface area contributed by atoms with Crippen molar-refractivity contribution in [3.05, 3.63) is 95.6 Å². The molecule has 0 aliphatic rings. The van der Waals surface area contributed by atoms with Crippen molar-refractivity contribution >= 4 is 0 Å². The Morgan fingerprint density at radius 1 is 1.03 bits per heavy atom. The van der Waals surface area contributed by atoms with Gasteiger partial charge in [-0.05, 0) is 30.2 Å². The van der Waals surface area contributed by atoms with Gasteiger partial charge in [-0.1, -0.05) is 48.5 Å². The minimum atomic E-state index is -0.561. The summed E-state index contributed by atoms with van der Waals surface area (Å²) in [5.41, 5.74) is 2.66. The lowest BCUT2D eigenvalue weighted by molar-refractivity contribution is 0.0983. The van der Waals surface area contributed by atoms with E-state index in [1.54, 1.807) is 13.2 Å². The number of ether oxygens (including phenoxy) is 1. The minimum Gasteiger partial charge on any atom is -0.387 e. The van der Waals surface area contributed by atoms with Crippen LogP contribution in [0.4, 0.5) is 4.39 Å². The first-order valence-corrected chi connectivity index (χ1v) is 9.99. The zero-order chi connectivity index (χ0) is 20.5. The van der Waals surface area contributed by atoms with Gasteiger partial charge in [0.05, 0.1) is 12.6 Å². The van der Waals surface area contributed by atoms with E-state index in [-0.39, 0.29) is 5.82 Å². The van der Waals surface area contributed by atoms with Gasteiger partial charge in [0.15, 0.2) is 0 Å². The first-order chi connectivity index (χ1) is 14.2. The van der Waals surface area contributed by atoms with Gasteiger partial charge >= 0.3 is 0 Å². The SMILES string of the molecule is COCCCN(Cc1cccn1Cc1ccccc1F)C[C@@H](O)c1ccccc1. The molecular weight excluding hydrogens is 367 g/mol. The van der Waals surface area contributed by atoms with Gasteiger partial charge in [0.2, 0.25) is 0 Å². The Balaban J connectivity index is 1.70. The molecule has 2 aromatic carbocycles. The van der Waals surface area contributed by atoms with E-state index in [9.17, 15) is 9.50 Å². The summed E-state index contributed by atoms with van der Waals surface area (Å²) in [6.45, 7) is 3.17. The van der Waals surface area contributed by atoms with Crippen molar-refractivity contribution in [2.45, 2.75) is 25.6 Å². The largest absolute Gasteiger partial charge is 0.387 e. The Kier molecular flexibility index (Phi) is 7.99. The summed E-state index contributed by atoms with van der Waals surface area (Å²) in [4.78, 5) is 2.23. The number of nitrogens with zero attached hydrogens (tertiary/aromatic N) is 2. The van der Waals surface area contributed by atoms with Crippen LogP contribution in [-0.2, 0) is 17.8 Å². The highest BCUT2D eigenvalue weighted by molar-refractivity contribution is 5.20. The Bertz CT molecular complexity index is 866. The Morgan fingerprint density at radius 2 is 1.79 bits per heavy atom. The van der Waals surface area contributed by atoms with Crippen LogP contribution in [0.25, 0.3) is 0 Å². The predicted molar refractivity (Wildman–Crippen MR) is 113 cm³/mol. The summed E-state index contributed by atoms with van der Waals surface area (Å²) in [7, 11) is 1.70. The number of hydrogen-bond acceptors (Lipinski definition) is 3. The Morgan fingerprint density at radius 3 is 2.55 bits per heavy atom. The van der Waals surface area contributed by atoms with Crippen LogP contribution in [0, 0.1) is 5.82 Å². The van der Waals surface area contributed by atoms with E-state index in [2.05, 4.69) is 15.5 Å². The molecule has 0 saturated carbocycles. The molecule has 0 aliphatic heterocycles. The van der Waals surface area contributed by atoms with Gasteiger partial charge in [-0.3, -0.25) is 4.90 Å². The van der Waals surface area contributed by atoms with E-state index in [4.69, 9.17) is 4.74 Å². The number of aromatic nitrogens is 1. The maximum atomic E-state index is 14.1. The van der Waals surface area contributed by atoms with Crippen LogP contribution in [0.3, 0.4) is 0 Å². The standard InChI is InChI=1S/C24H29FN2O2/c1-29-16-8-14-26(19-24(28)20-9-3-2-4-10-20)18-22-12-7-15-27(22)17-21-11-5-6-13-23(21)25/h2-7,9-13,15,24,28H,8,14,16-19H2,1H3/t24-/m1/s1. The fourth-order valence-corrected chi connectivity index (χ4v) is 3.48. The molecule has 0 fully saturated rings. The van der Waals surface area contributed by atoms with Crippen LogP contribution in [0.1, 0.15) is 29.3 Å². The van der Waals surface area contributed by atoms with E-state index in [1.807, 2.05) is 54.7 Å². The van der Waals surface area contributed by atoms with Crippen LogP contribution in [0.2, 0.25) is 0 Å². The zero-order valence-electron chi connectivity index (χ0n) is 16.9. The lowest BCUT2D eigenvalue weighted by Crippen LogP contribution is -2.31. The first-order valence-electron chi connectivity index (χ1n) is 9.99. The summed E-state index contributed by atoms with van der Waals surface area (Å²) in [6, 6.07) is 20.6. The predicted octanol–water partition coefficient (Wildman–Crippen LogP) is 4.25. The molecule has 1 N–H and O–H groups in total. The molecule has 154 valence electrons. The molecule has 0 saturated heterocycles. The Hall–Kier alpha value is -2.47. The van der Waals surface area contributed by atoms with Crippen LogP contribution in [-0.4, -0.2) is 41.4 Å². The van der Waals surface area contributed by atoms with E-state index >= 15 is 0 Å². The Labute approximate surface area is 172 Å². The first kappa shape index (κ1) is 21.2. The number of benzene rings is 2. The van der Waals surface area contributed by atoms with Crippen molar-refractivity contribution in [3.8, 4) is 0 Å². The molecule has 0 spiro atoms. The summed E-state index contributed by atoms with van der Waals surface area (Å²) < 4.78 is 21.3. The van der Waals surface area contributed by atoms with Crippen molar-refractivity contribution in [3.63, 3.8) is 0 Å². The van der Waals surface area contributed by atoms with E-state index in [0.717, 1.165) is 24.2 Å². The van der Waals surface area contributed by atoms with Crippen molar-refractivity contribution in [2.24, 2.45) is 0 Å². The molecule has 29 heavy (non-hydrogen) atoms. The summed E-state index contributed by atoms with van der Waals surface area (Å²) >= 11 is 0. The van der Waals surface area contributed by atoms with Crippen LogP contribution < -0.4 is 0 Å². The molecule has 1 atom stereocenters. The molecule has 5 heteroatoms. The van der Waals surface area contributed by atoms with Gasteiger partial charge in [0.25, 0.3) is 0 Å². The maximum Gasteiger partial charge on any atom is 0.128 e. The molecule has 3 rings (SSSR count). The summed E-state index contributed by atoms with van der Waals surface area (Å²) in [5, 5.41) is 10.7. The van der Waals surface area contributed by atoms with Gasteiger partial charge in [-0.15, -0.1) is 0 Å². The molecule has 0 radical (unpaired) electrons. The molecule has 1 aromatic heterocycles. The molecule has 0 aliphatic carbocycles. The number of aliphatic hydroxyl groups is 1. The number of halogens is 1. The van der Waals surface area contributed by atoms with Crippen LogP contribution >= 0.6 is 0 Å². The van der Waals surface area contributed by atoms with Crippen molar-refractivity contribution in [1.82, 2.24) is 9.47 Å². The molecule has 1 heterocycles. The van der Waals surface area contributed by atoms with E-state index in [1.165, 1.54) is 6.07 Å². The number of aliphatic hydroxyl groups excluding tert-OH is 1. The van der Waals surface area contributed by atoms with Gasteiger partial charge in [0.1, 0.15) is 5.82 Å². The molecule has 0 bridgehead atoms. The van der Waals surface area contributed by atoms with Crippen molar-refractivity contribution in [2.75, 3.05) is 26.8 Å². The third-order valence-electron chi connectivity index (χ3n) is 5.05. The third-order valence-corrected chi connectivity index (χ3v) is 5.05. The van der Waals surface area contributed by atoms with Crippen LogP contribution in [0.5, 0.6) is 0 Å². The quantitative estimate of drug-likeness (QED) is 0.493. The van der Waals surface area contributed by atoms with Gasteiger partial charge < -0.3 is 14.4 Å². The number of rotatable bonds is 11. The second-order valence-electron chi connectivity index (χ2n) is 7.23. The van der Waals surface area contributed by atoms with Crippen LogP contribution in [0.15, 0.2) is 72.9 Å². The average Bonchev–Trinajstić information content (AvgIpc) is 3.17. The highest BCUT2D eigenvalue weighted by atomic mass is 19.1. The molecular formula is C24H29FN2O2. The van der Waals surface area contributed by atoms with Gasteiger partial charge in [-0.2, -0.15) is 0 Å². The molecule has 3 aromatic rings. The monoisotopic (exact) mass is 396 g/mol. The zero-order valence-corrected chi connectivity index (χ0v) is 16.9. The topological polar surface area (TPSA) is 37.6 Å². The number of hydrogen-bond donors (Lipinski definition) is 1. The highest BCUT2D eigenvalue weighted by Crippen LogP contribution is 2.17. The molecule has 0 unspecified atom stereocenters. The molecule has 0 amide bonds. The maximum absolute atomic E-state index is 14.1.